The minimum absolute atomic E-state index is 0.0231. The first-order chi connectivity index (χ1) is 7.59. The summed E-state index contributed by atoms with van der Waals surface area (Å²) >= 11 is 7.56. The van der Waals surface area contributed by atoms with Gasteiger partial charge in [-0.25, -0.2) is 0 Å². The molecule has 0 saturated carbocycles. The number of ether oxygens (including phenoxy) is 1. The van der Waals surface area contributed by atoms with E-state index >= 15 is 0 Å². The Morgan fingerprint density at radius 1 is 1.62 bits per heavy atom. The quantitative estimate of drug-likeness (QED) is 0.892. The molecule has 2 rings (SSSR count). The maximum absolute atomic E-state index is 5.93. The van der Waals surface area contributed by atoms with Crippen LogP contribution in [0.25, 0.3) is 0 Å². The highest BCUT2D eigenvalue weighted by atomic mass is 35.5. The van der Waals surface area contributed by atoms with Crippen LogP contribution in [0.4, 0.5) is 0 Å². The molecule has 1 aliphatic rings. The molecule has 0 aliphatic carbocycles. The highest BCUT2D eigenvalue weighted by Crippen LogP contribution is 2.28. The average Bonchev–Trinajstić information content (AvgIpc) is 2.85. The van der Waals surface area contributed by atoms with E-state index in [1.54, 1.807) is 11.3 Å². The largest absolute Gasteiger partial charge is 0.374 e. The third-order valence-electron chi connectivity index (χ3n) is 3.10. The molecule has 0 aromatic carbocycles. The lowest BCUT2D eigenvalue weighted by atomic mass is 10.0. The Morgan fingerprint density at radius 3 is 3.00 bits per heavy atom. The van der Waals surface area contributed by atoms with Gasteiger partial charge < -0.3 is 10.1 Å². The van der Waals surface area contributed by atoms with E-state index in [9.17, 15) is 0 Å². The van der Waals surface area contributed by atoms with Crippen molar-refractivity contribution in [3.63, 3.8) is 0 Å². The maximum Gasteiger partial charge on any atom is 0.0931 e. The minimum Gasteiger partial charge on any atom is -0.374 e. The Morgan fingerprint density at radius 2 is 2.44 bits per heavy atom. The van der Waals surface area contributed by atoms with E-state index in [2.05, 4.69) is 25.2 Å². The van der Waals surface area contributed by atoms with Crippen LogP contribution in [0.5, 0.6) is 0 Å². The van der Waals surface area contributed by atoms with Gasteiger partial charge in [-0.05, 0) is 38.8 Å². The van der Waals surface area contributed by atoms with Gasteiger partial charge in [-0.3, -0.25) is 0 Å². The predicted molar refractivity (Wildman–Crippen MR) is 69.3 cm³/mol. The fraction of sp³-hybridized carbons (Fsp3) is 0.667. The molecule has 0 spiro atoms. The van der Waals surface area contributed by atoms with Crippen LogP contribution in [-0.2, 0) is 4.74 Å². The molecule has 1 aliphatic heterocycles. The third-order valence-corrected chi connectivity index (χ3v) is 4.52. The summed E-state index contributed by atoms with van der Waals surface area (Å²) in [5, 5.41) is 3.52. The van der Waals surface area contributed by atoms with Crippen molar-refractivity contribution in [3.8, 4) is 0 Å². The second kappa shape index (κ2) is 5.05. The number of hydrogen-bond acceptors (Lipinski definition) is 3. The standard InChI is InChI=1S/C12H18ClNOS/c1-9(10-4-5-11(13)16-10)14-8-12(2)6-3-7-15-12/h4-5,9,14H,3,6-8H2,1-2H3. The zero-order valence-corrected chi connectivity index (χ0v) is 11.3. The average molecular weight is 260 g/mol. The summed E-state index contributed by atoms with van der Waals surface area (Å²) in [5.41, 5.74) is 0.0231. The van der Waals surface area contributed by atoms with Gasteiger partial charge in [0.05, 0.1) is 9.94 Å². The topological polar surface area (TPSA) is 21.3 Å². The lowest BCUT2D eigenvalue weighted by Gasteiger charge is -2.25. The lowest BCUT2D eigenvalue weighted by molar-refractivity contribution is 0.0192. The molecule has 1 N–H and O–H groups in total. The summed E-state index contributed by atoms with van der Waals surface area (Å²) in [6, 6.07) is 4.38. The molecule has 2 unspecified atom stereocenters. The Labute approximate surface area is 106 Å². The van der Waals surface area contributed by atoms with Crippen LogP contribution in [0, 0.1) is 0 Å². The molecule has 4 heteroatoms. The molecule has 0 radical (unpaired) electrons. The summed E-state index contributed by atoms with van der Waals surface area (Å²) in [6.45, 7) is 6.16. The first-order valence-corrected chi connectivity index (χ1v) is 6.91. The smallest absolute Gasteiger partial charge is 0.0931 e. The fourth-order valence-electron chi connectivity index (χ4n) is 2.01. The second-order valence-corrected chi connectivity index (χ2v) is 6.39. The van der Waals surface area contributed by atoms with Crippen LogP contribution >= 0.6 is 22.9 Å². The Hall–Kier alpha value is -0.0900. The molecule has 0 amide bonds. The SMILES string of the molecule is CC(NCC1(C)CCCO1)c1ccc(Cl)s1. The molecule has 1 aromatic rings. The second-order valence-electron chi connectivity index (χ2n) is 4.65. The van der Waals surface area contributed by atoms with Crippen LogP contribution < -0.4 is 5.32 Å². The van der Waals surface area contributed by atoms with Crippen molar-refractivity contribution in [3.05, 3.63) is 21.3 Å². The summed E-state index contributed by atoms with van der Waals surface area (Å²) < 4.78 is 6.60. The lowest BCUT2D eigenvalue weighted by Crippen LogP contribution is -2.38. The van der Waals surface area contributed by atoms with Gasteiger partial charge in [-0.2, -0.15) is 0 Å². The van der Waals surface area contributed by atoms with Crippen LogP contribution in [0.15, 0.2) is 12.1 Å². The van der Waals surface area contributed by atoms with Gasteiger partial charge in [0.2, 0.25) is 0 Å². The van der Waals surface area contributed by atoms with E-state index in [4.69, 9.17) is 16.3 Å². The molecule has 1 fully saturated rings. The highest BCUT2D eigenvalue weighted by Gasteiger charge is 2.29. The van der Waals surface area contributed by atoms with E-state index in [0.29, 0.717) is 6.04 Å². The van der Waals surface area contributed by atoms with E-state index in [-0.39, 0.29) is 5.60 Å². The Kier molecular flexibility index (Phi) is 3.90. The highest BCUT2D eigenvalue weighted by molar-refractivity contribution is 7.16. The molecule has 1 aromatic heterocycles. The van der Waals surface area contributed by atoms with Crippen molar-refractivity contribution in [2.24, 2.45) is 0 Å². The third kappa shape index (κ3) is 2.98. The van der Waals surface area contributed by atoms with Crippen molar-refractivity contribution < 1.29 is 4.74 Å². The Bertz CT molecular complexity index is 347. The van der Waals surface area contributed by atoms with Crippen molar-refractivity contribution >= 4 is 22.9 Å². The predicted octanol–water partition coefficient (Wildman–Crippen LogP) is 3.62. The molecule has 90 valence electrons. The molecular weight excluding hydrogens is 242 g/mol. The van der Waals surface area contributed by atoms with E-state index < -0.39 is 0 Å². The Balaban J connectivity index is 1.86. The van der Waals surface area contributed by atoms with E-state index in [1.807, 2.05) is 6.07 Å². The van der Waals surface area contributed by atoms with Gasteiger partial charge in [0.15, 0.2) is 0 Å². The van der Waals surface area contributed by atoms with Crippen molar-refractivity contribution in [2.45, 2.75) is 38.3 Å². The summed E-state index contributed by atoms with van der Waals surface area (Å²) in [5.74, 6) is 0. The zero-order chi connectivity index (χ0) is 11.6. The maximum atomic E-state index is 5.93. The first-order valence-electron chi connectivity index (χ1n) is 5.72. The van der Waals surface area contributed by atoms with Crippen molar-refractivity contribution in [1.82, 2.24) is 5.32 Å². The van der Waals surface area contributed by atoms with Crippen LogP contribution in [0.2, 0.25) is 4.34 Å². The number of nitrogens with one attached hydrogen (secondary N) is 1. The number of rotatable bonds is 4. The molecule has 16 heavy (non-hydrogen) atoms. The van der Waals surface area contributed by atoms with Gasteiger partial charge >= 0.3 is 0 Å². The number of halogens is 1. The van der Waals surface area contributed by atoms with Crippen molar-refractivity contribution in [2.75, 3.05) is 13.2 Å². The number of thiophene rings is 1. The summed E-state index contributed by atoms with van der Waals surface area (Å²) in [6.07, 6.45) is 2.33. The number of hydrogen-bond donors (Lipinski definition) is 1. The fourth-order valence-corrected chi connectivity index (χ4v) is 3.09. The van der Waals surface area contributed by atoms with Gasteiger partial charge in [0, 0.05) is 24.1 Å². The molecule has 0 bridgehead atoms. The van der Waals surface area contributed by atoms with E-state index in [1.165, 1.54) is 11.3 Å². The minimum atomic E-state index is 0.0231. The molecule has 2 heterocycles. The summed E-state index contributed by atoms with van der Waals surface area (Å²) in [7, 11) is 0. The molecule has 2 atom stereocenters. The molecular formula is C12H18ClNOS. The molecule has 2 nitrogen and oxygen atoms in total. The van der Waals surface area contributed by atoms with Crippen molar-refractivity contribution in [1.29, 1.82) is 0 Å². The van der Waals surface area contributed by atoms with Crippen LogP contribution in [0.3, 0.4) is 0 Å². The zero-order valence-electron chi connectivity index (χ0n) is 9.75. The normalized spacial score (nSPS) is 27.2. The van der Waals surface area contributed by atoms with Gasteiger partial charge in [-0.15, -0.1) is 11.3 Å². The van der Waals surface area contributed by atoms with Gasteiger partial charge in [0.25, 0.3) is 0 Å². The van der Waals surface area contributed by atoms with Gasteiger partial charge in [0.1, 0.15) is 0 Å². The summed E-state index contributed by atoms with van der Waals surface area (Å²) in [4.78, 5) is 1.28. The molecule has 1 saturated heterocycles. The van der Waals surface area contributed by atoms with Crippen LogP contribution in [0.1, 0.15) is 37.6 Å². The first kappa shape index (κ1) is 12.4. The van der Waals surface area contributed by atoms with E-state index in [0.717, 1.165) is 23.9 Å². The van der Waals surface area contributed by atoms with Gasteiger partial charge in [-0.1, -0.05) is 11.6 Å². The van der Waals surface area contributed by atoms with Crippen LogP contribution in [-0.4, -0.2) is 18.8 Å². The monoisotopic (exact) mass is 259 g/mol.